The fourth-order valence-corrected chi connectivity index (χ4v) is 3.48. The molecule has 0 aliphatic carbocycles. The monoisotopic (exact) mass is 375 g/mol. The molecule has 116 valence electrons. The van der Waals surface area contributed by atoms with Crippen LogP contribution >= 0.6 is 27.3 Å². The van der Waals surface area contributed by atoms with Crippen LogP contribution in [0.5, 0.6) is 0 Å². The van der Waals surface area contributed by atoms with Gasteiger partial charge in [0.15, 0.2) is 5.78 Å². The van der Waals surface area contributed by atoms with E-state index in [4.69, 9.17) is 9.47 Å². The number of halogens is 1. The number of rotatable bonds is 2. The molecular formula is C14H18BrNO4S. The Morgan fingerprint density at radius 3 is 2.71 bits per heavy atom. The number of hydrogen-bond acceptors (Lipinski definition) is 5. The van der Waals surface area contributed by atoms with Crippen molar-refractivity contribution in [2.24, 2.45) is 0 Å². The van der Waals surface area contributed by atoms with Crippen molar-refractivity contribution in [1.29, 1.82) is 0 Å². The Balaban J connectivity index is 2.18. The van der Waals surface area contributed by atoms with Gasteiger partial charge in [-0.25, -0.2) is 4.79 Å². The molecule has 5 nitrogen and oxygen atoms in total. The maximum Gasteiger partial charge on any atom is 0.411 e. The minimum atomic E-state index is -0.639. The molecule has 0 bridgehead atoms. The highest BCUT2D eigenvalue weighted by Gasteiger charge is 2.36. The Morgan fingerprint density at radius 2 is 2.14 bits per heavy atom. The van der Waals surface area contributed by atoms with Gasteiger partial charge in [-0.1, -0.05) is 0 Å². The first-order valence-electron chi connectivity index (χ1n) is 6.63. The highest BCUT2D eigenvalue weighted by Crippen LogP contribution is 2.25. The summed E-state index contributed by atoms with van der Waals surface area (Å²) in [4.78, 5) is 26.3. The van der Waals surface area contributed by atoms with Crippen LogP contribution < -0.4 is 0 Å². The SMILES string of the molecule is CC(C)(C)OC(=O)N1CCOCC1C(=O)c1cscc1Br. The van der Waals surface area contributed by atoms with Gasteiger partial charge in [-0.15, -0.1) is 0 Å². The smallest absolute Gasteiger partial charge is 0.411 e. The molecule has 1 aliphatic heterocycles. The second-order valence-electron chi connectivity index (χ2n) is 5.76. The molecule has 1 unspecified atom stereocenters. The fourth-order valence-electron chi connectivity index (χ4n) is 2.00. The van der Waals surface area contributed by atoms with Crippen molar-refractivity contribution in [2.45, 2.75) is 32.4 Å². The third-order valence-electron chi connectivity index (χ3n) is 2.94. The van der Waals surface area contributed by atoms with Gasteiger partial charge in [0.2, 0.25) is 0 Å². The van der Waals surface area contributed by atoms with Crippen LogP contribution in [-0.2, 0) is 9.47 Å². The largest absolute Gasteiger partial charge is 0.444 e. The molecule has 0 N–H and O–H groups in total. The number of Topliss-reactive ketones (excluding diaryl/α,β-unsaturated/α-hetero) is 1. The van der Waals surface area contributed by atoms with Gasteiger partial charge in [0, 0.05) is 27.3 Å². The fraction of sp³-hybridized carbons (Fsp3) is 0.571. The van der Waals surface area contributed by atoms with Crippen molar-refractivity contribution in [3.05, 3.63) is 20.8 Å². The molecule has 2 rings (SSSR count). The number of hydrogen-bond donors (Lipinski definition) is 0. The Morgan fingerprint density at radius 1 is 1.43 bits per heavy atom. The second kappa shape index (κ2) is 6.46. The quantitative estimate of drug-likeness (QED) is 0.743. The summed E-state index contributed by atoms with van der Waals surface area (Å²) in [6, 6.07) is -0.639. The normalized spacial score (nSPS) is 19.4. The summed E-state index contributed by atoms with van der Waals surface area (Å²) < 4.78 is 11.5. The number of carbonyl (C=O) groups excluding carboxylic acids is 2. The highest BCUT2D eigenvalue weighted by atomic mass is 79.9. The molecule has 1 amide bonds. The lowest BCUT2D eigenvalue weighted by molar-refractivity contribution is -0.0265. The van der Waals surface area contributed by atoms with Crippen molar-refractivity contribution in [1.82, 2.24) is 4.90 Å². The molecule has 1 aliphatic rings. The molecule has 1 saturated heterocycles. The maximum absolute atomic E-state index is 12.6. The van der Waals surface area contributed by atoms with E-state index in [0.29, 0.717) is 18.7 Å². The molecule has 0 saturated carbocycles. The van der Waals surface area contributed by atoms with Crippen molar-refractivity contribution >= 4 is 39.1 Å². The molecule has 7 heteroatoms. The molecule has 1 aromatic rings. The van der Waals surface area contributed by atoms with E-state index < -0.39 is 17.7 Å². The average Bonchev–Trinajstić information content (AvgIpc) is 2.82. The zero-order chi connectivity index (χ0) is 15.6. The van der Waals surface area contributed by atoms with Crippen molar-refractivity contribution < 1.29 is 19.1 Å². The summed E-state index contributed by atoms with van der Waals surface area (Å²) in [6.45, 7) is 6.37. The standard InChI is InChI=1S/C14H18BrNO4S/c1-14(2,3)20-13(18)16-4-5-19-6-11(16)12(17)9-7-21-8-10(9)15/h7-8,11H,4-6H2,1-3H3. The molecular weight excluding hydrogens is 358 g/mol. The van der Waals surface area contributed by atoms with Crippen LogP contribution in [-0.4, -0.2) is 48.2 Å². The summed E-state index contributed by atoms with van der Waals surface area (Å²) >= 11 is 4.79. The molecule has 0 spiro atoms. The highest BCUT2D eigenvalue weighted by molar-refractivity contribution is 9.10. The predicted octanol–water partition coefficient (Wildman–Crippen LogP) is 3.33. The topological polar surface area (TPSA) is 55.8 Å². The number of thiophene rings is 1. The Bertz CT molecular complexity index is 537. The minimum absolute atomic E-state index is 0.131. The van der Waals surface area contributed by atoms with Gasteiger partial charge in [0.25, 0.3) is 0 Å². The first kappa shape index (κ1) is 16.5. The van der Waals surface area contributed by atoms with Crippen LogP contribution in [0.4, 0.5) is 4.79 Å². The van der Waals surface area contributed by atoms with Crippen molar-refractivity contribution in [2.75, 3.05) is 19.8 Å². The van der Waals surface area contributed by atoms with Crippen molar-refractivity contribution in [3.63, 3.8) is 0 Å². The predicted molar refractivity (Wildman–Crippen MR) is 83.9 cm³/mol. The Labute approximate surface area is 136 Å². The maximum atomic E-state index is 12.6. The van der Waals surface area contributed by atoms with E-state index in [1.54, 1.807) is 26.2 Å². The lowest BCUT2D eigenvalue weighted by atomic mass is 10.1. The Hall–Kier alpha value is -0.920. The summed E-state index contributed by atoms with van der Waals surface area (Å²) in [5.74, 6) is -0.131. The van der Waals surface area contributed by atoms with Gasteiger partial charge in [-0.3, -0.25) is 9.69 Å². The Kier molecular flexibility index (Phi) is 5.06. The van der Waals surface area contributed by atoms with E-state index in [-0.39, 0.29) is 12.4 Å². The van der Waals surface area contributed by atoms with E-state index in [1.165, 1.54) is 16.2 Å². The number of carbonyl (C=O) groups is 2. The van der Waals surface area contributed by atoms with Gasteiger partial charge >= 0.3 is 6.09 Å². The second-order valence-corrected chi connectivity index (χ2v) is 7.36. The molecule has 0 aromatic carbocycles. The summed E-state index contributed by atoms with van der Waals surface area (Å²) in [7, 11) is 0. The molecule has 1 aromatic heterocycles. The lowest BCUT2D eigenvalue weighted by Gasteiger charge is -2.35. The van der Waals surface area contributed by atoms with Gasteiger partial charge in [-0.05, 0) is 36.7 Å². The zero-order valence-electron chi connectivity index (χ0n) is 12.2. The van der Waals surface area contributed by atoms with Crippen LogP contribution in [0.25, 0.3) is 0 Å². The number of ketones is 1. The van der Waals surface area contributed by atoms with E-state index in [2.05, 4.69) is 15.9 Å². The number of amides is 1. The average molecular weight is 376 g/mol. The van der Waals surface area contributed by atoms with E-state index in [9.17, 15) is 9.59 Å². The lowest BCUT2D eigenvalue weighted by Crippen LogP contribution is -2.53. The van der Waals surface area contributed by atoms with Crippen LogP contribution in [0.2, 0.25) is 0 Å². The first-order valence-corrected chi connectivity index (χ1v) is 8.36. The number of ether oxygens (including phenoxy) is 2. The third kappa shape index (κ3) is 4.05. The molecule has 1 atom stereocenters. The summed E-state index contributed by atoms with van der Waals surface area (Å²) in [5.41, 5.74) is -0.0181. The van der Waals surface area contributed by atoms with Gasteiger partial charge in [-0.2, -0.15) is 11.3 Å². The number of morpholine rings is 1. The van der Waals surface area contributed by atoms with E-state index in [0.717, 1.165) is 4.47 Å². The minimum Gasteiger partial charge on any atom is -0.444 e. The summed E-state index contributed by atoms with van der Waals surface area (Å²) in [6.07, 6.45) is -0.476. The van der Waals surface area contributed by atoms with Gasteiger partial charge in [0.05, 0.1) is 13.2 Å². The molecule has 0 radical (unpaired) electrons. The van der Waals surface area contributed by atoms with Crippen LogP contribution in [0.3, 0.4) is 0 Å². The van der Waals surface area contributed by atoms with Crippen LogP contribution in [0, 0.1) is 0 Å². The molecule has 21 heavy (non-hydrogen) atoms. The van der Waals surface area contributed by atoms with Crippen molar-refractivity contribution in [3.8, 4) is 0 Å². The van der Waals surface area contributed by atoms with E-state index >= 15 is 0 Å². The molecule has 1 fully saturated rings. The summed E-state index contributed by atoms with van der Waals surface area (Å²) in [5, 5.41) is 3.61. The van der Waals surface area contributed by atoms with Gasteiger partial charge < -0.3 is 9.47 Å². The van der Waals surface area contributed by atoms with Gasteiger partial charge in [0.1, 0.15) is 11.6 Å². The zero-order valence-corrected chi connectivity index (χ0v) is 14.6. The third-order valence-corrected chi connectivity index (χ3v) is 4.64. The molecule has 2 heterocycles. The van der Waals surface area contributed by atoms with Crippen LogP contribution in [0.15, 0.2) is 15.2 Å². The number of nitrogens with zero attached hydrogens (tertiary/aromatic N) is 1. The van der Waals surface area contributed by atoms with E-state index in [1.807, 2.05) is 5.38 Å². The van der Waals surface area contributed by atoms with Crippen LogP contribution in [0.1, 0.15) is 31.1 Å². The first-order chi connectivity index (χ1) is 9.79.